The summed E-state index contributed by atoms with van der Waals surface area (Å²) < 4.78 is 5.71. The molecule has 7 heteroatoms. The normalized spacial score (nSPS) is 10.4. The SMILES string of the molecule is O=C(NCc1cccc(Oc2ccccn2)c1)c1cnn(-c2ccccc2)n1. The van der Waals surface area contributed by atoms with Crippen molar-refractivity contribution in [1.82, 2.24) is 25.3 Å². The van der Waals surface area contributed by atoms with Crippen molar-refractivity contribution >= 4 is 5.91 Å². The van der Waals surface area contributed by atoms with Crippen molar-refractivity contribution in [3.63, 3.8) is 0 Å². The van der Waals surface area contributed by atoms with Crippen LogP contribution in [0.25, 0.3) is 5.69 Å². The molecule has 2 aromatic carbocycles. The number of aromatic nitrogens is 4. The van der Waals surface area contributed by atoms with E-state index in [1.54, 1.807) is 12.3 Å². The van der Waals surface area contributed by atoms with Gasteiger partial charge in [-0.2, -0.15) is 9.90 Å². The second kappa shape index (κ2) is 8.13. The van der Waals surface area contributed by atoms with Gasteiger partial charge in [0.15, 0.2) is 5.69 Å². The molecule has 0 unspecified atom stereocenters. The Morgan fingerprint density at radius 3 is 2.68 bits per heavy atom. The van der Waals surface area contributed by atoms with Gasteiger partial charge in [0.05, 0.1) is 11.9 Å². The van der Waals surface area contributed by atoms with E-state index in [0.717, 1.165) is 11.3 Å². The minimum Gasteiger partial charge on any atom is -0.439 e. The molecule has 1 N–H and O–H groups in total. The van der Waals surface area contributed by atoms with Gasteiger partial charge in [0.25, 0.3) is 5.91 Å². The molecular weight excluding hydrogens is 354 g/mol. The van der Waals surface area contributed by atoms with Crippen LogP contribution in [0.2, 0.25) is 0 Å². The molecule has 1 amide bonds. The molecule has 0 saturated carbocycles. The van der Waals surface area contributed by atoms with E-state index in [0.29, 0.717) is 18.2 Å². The summed E-state index contributed by atoms with van der Waals surface area (Å²) in [6.07, 6.45) is 3.12. The first kappa shape index (κ1) is 17.4. The van der Waals surface area contributed by atoms with E-state index >= 15 is 0 Å². The smallest absolute Gasteiger partial charge is 0.273 e. The number of rotatable bonds is 6. The van der Waals surface area contributed by atoms with E-state index in [9.17, 15) is 4.79 Å². The first-order valence-corrected chi connectivity index (χ1v) is 8.72. The monoisotopic (exact) mass is 371 g/mol. The number of hydrogen-bond donors (Lipinski definition) is 1. The predicted octanol–water partition coefficient (Wildman–Crippen LogP) is 3.38. The van der Waals surface area contributed by atoms with E-state index in [1.165, 1.54) is 11.0 Å². The van der Waals surface area contributed by atoms with Gasteiger partial charge in [0, 0.05) is 18.8 Å². The molecule has 2 heterocycles. The highest BCUT2D eigenvalue weighted by molar-refractivity contribution is 5.91. The topological polar surface area (TPSA) is 81.9 Å². The molecule has 0 aliphatic rings. The van der Waals surface area contributed by atoms with Crippen molar-refractivity contribution < 1.29 is 9.53 Å². The number of nitrogens with zero attached hydrogens (tertiary/aromatic N) is 4. The largest absolute Gasteiger partial charge is 0.439 e. The number of carbonyl (C=O) groups is 1. The fourth-order valence-corrected chi connectivity index (χ4v) is 2.57. The number of pyridine rings is 1. The second-order valence-electron chi connectivity index (χ2n) is 5.95. The van der Waals surface area contributed by atoms with Crippen LogP contribution < -0.4 is 10.1 Å². The van der Waals surface area contributed by atoms with Gasteiger partial charge in [0.2, 0.25) is 5.88 Å². The molecule has 0 bridgehead atoms. The fourth-order valence-electron chi connectivity index (χ4n) is 2.57. The third-order valence-electron chi connectivity index (χ3n) is 3.92. The summed E-state index contributed by atoms with van der Waals surface area (Å²) in [6, 6.07) is 22.4. The van der Waals surface area contributed by atoms with Crippen molar-refractivity contribution in [3.8, 4) is 17.3 Å². The quantitative estimate of drug-likeness (QED) is 0.562. The Kier molecular flexibility index (Phi) is 5.06. The lowest BCUT2D eigenvalue weighted by atomic mass is 10.2. The Labute approximate surface area is 161 Å². The van der Waals surface area contributed by atoms with Crippen molar-refractivity contribution in [2.24, 2.45) is 0 Å². The van der Waals surface area contributed by atoms with Gasteiger partial charge < -0.3 is 10.1 Å². The zero-order valence-corrected chi connectivity index (χ0v) is 14.9. The van der Waals surface area contributed by atoms with Crippen molar-refractivity contribution in [1.29, 1.82) is 0 Å². The van der Waals surface area contributed by atoms with Gasteiger partial charge in [-0.1, -0.05) is 36.4 Å². The molecule has 4 aromatic rings. The zero-order chi connectivity index (χ0) is 19.2. The van der Waals surface area contributed by atoms with Crippen molar-refractivity contribution in [3.05, 3.63) is 96.4 Å². The van der Waals surface area contributed by atoms with Crippen LogP contribution >= 0.6 is 0 Å². The van der Waals surface area contributed by atoms with Crippen molar-refractivity contribution in [2.75, 3.05) is 0 Å². The summed E-state index contributed by atoms with van der Waals surface area (Å²) in [5.41, 5.74) is 1.95. The Balaban J connectivity index is 1.39. The molecule has 28 heavy (non-hydrogen) atoms. The molecule has 138 valence electrons. The highest BCUT2D eigenvalue weighted by atomic mass is 16.5. The minimum absolute atomic E-state index is 0.254. The van der Waals surface area contributed by atoms with E-state index in [2.05, 4.69) is 20.5 Å². The average Bonchev–Trinajstić information content (AvgIpc) is 3.24. The van der Waals surface area contributed by atoms with E-state index in [1.807, 2.05) is 66.7 Å². The molecular formula is C21H17N5O2. The average molecular weight is 371 g/mol. The number of ether oxygens (including phenoxy) is 1. The maximum Gasteiger partial charge on any atom is 0.273 e. The van der Waals surface area contributed by atoms with Crippen LogP contribution in [0.15, 0.2) is 85.2 Å². The number of para-hydroxylation sites is 1. The van der Waals surface area contributed by atoms with Crippen molar-refractivity contribution in [2.45, 2.75) is 6.54 Å². The highest BCUT2D eigenvalue weighted by Gasteiger charge is 2.11. The first-order valence-electron chi connectivity index (χ1n) is 8.72. The number of nitrogens with one attached hydrogen (secondary N) is 1. The minimum atomic E-state index is -0.293. The molecule has 0 aliphatic heterocycles. The molecule has 7 nitrogen and oxygen atoms in total. The number of amides is 1. The number of hydrogen-bond acceptors (Lipinski definition) is 5. The van der Waals surface area contributed by atoms with Crippen LogP contribution in [0.3, 0.4) is 0 Å². The maximum atomic E-state index is 12.4. The van der Waals surface area contributed by atoms with Gasteiger partial charge in [-0.05, 0) is 35.9 Å². The Morgan fingerprint density at radius 2 is 1.86 bits per heavy atom. The molecule has 0 aliphatic carbocycles. The standard InChI is InChI=1S/C21H17N5O2/c27-21(19-15-24-26(25-19)17-8-2-1-3-9-17)23-14-16-7-6-10-18(13-16)28-20-11-4-5-12-22-20/h1-13,15H,14H2,(H,23,27). The molecule has 4 rings (SSSR count). The third-order valence-corrected chi connectivity index (χ3v) is 3.92. The summed E-state index contributed by atoms with van der Waals surface area (Å²) in [5, 5.41) is 11.2. The Morgan fingerprint density at radius 1 is 1.00 bits per heavy atom. The van der Waals surface area contributed by atoms with Crippen LogP contribution in [-0.2, 0) is 6.54 Å². The van der Waals surface area contributed by atoms with Gasteiger partial charge in [-0.3, -0.25) is 4.79 Å². The molecule has 0 radical (unpaired) electrons. The van der Waals surface area contributed by atoms with Gasteiger partial charge in [0.1, 0.15) is 5.75 Å². The summed E-state index contributed by atoms with van der Waals surface area (Å²) in [5.74, 6) is 0.875. The molecule has 0 atom stereocenters. The highest BCUT2D eigenvalue weighted by Crippen LogP contribution is 2.20. The number of carbonyl (C=O) groups excluding carboxylic acids is 1. The van der Waals surface area contributed by atoms with Crippen LogP contribution in [0.5, 0.6) is 11.6 Å². The van der Waals surface area contributed by atoms with E-state index in [4.69, 9.17) is 4.74 Å². The fraction of sp³-hybridized carbons (Fsp3) is 0.0476. The second-order valence-corrected chi connectivity index (χ2v) is 5.95. The van der Waals surface area contributed by atoms with Crippen LogP contribution in [0, 0.1) is 0 Å². The zero-order valence-electron chi connectivity index (χ0n) is 14.9. The third kappa shape index (κ3) is 4.21. The van der Waals surface area contributed by atoms with Crippen LogP contribution in [0.1, 0.15) is 16.1 Å². The first-order chi connectivity index (χ1) is 13.8. The predicted molar refractivity (Wildman–Crippen MR) is 103 cm³/mol. The lowest BCUT2D eigenvalue weighted by molar-refractivity contribution is 0.0945. The lowest BCUT2D eigenvalue weighted by Crippen LogP contribution is -2.23. The van der Waals surface area contributed by atoms with Crippen LogP contribution in [0.4, 0.5) is 0 Å². The summed E-state index contributed by atoms with van der Waals surface area (Å²) in [7, 11) is 0. The molecule has 0 fully saturated rings. The lowest BCUT2D eigenvalue weighted by Gasteiger charge is -2.07. The van der Waals surface area contributed by atoms with E-state index in [-0.39, 0.29) is 11.6 Å². The Bertz CT molecular complexity index is 1060. The van der Waals surface area contributed by atoms with Gasteiger partial charge in [-0.15, -0.1) is 5.10 Å². The van der Waals surface area contributed by atoms with Gasteiger partial charge in [-0.25, -0.2) is 4.98 Å². The maximum absolute atomic E-state index is 12.4. The van der Waals surface area contributed by atoms with Crippen LogP contribution in [-0.4, -0.2) is 25.9 Å². The molecule has 2 aromatic heterocycles. The van der Waals surface area contributed by atoms with Gasteiger partial charge >= 0.3 is 0 Å². The summed E-state index contributed by atoms with van der Waals surface area (Å²) >= 11 is 0. The number of benzene rings is 2. The summed E-state index contributed by atoms with van der Waals surface area (Å²) in [6.45, 7) is 0.344. The molecule has 0 spiro atoms. The summed E-state index contributed by atoms with van der Waals surface area (Å²) in [4.78, 5) is 17.9. The van der Waals surface area contributed by atoms with E-state index < -0.39 is 0 Å². The Hall–Kier alpha value is -4.00. The molecule has 0 saturated heterocycles.